The van der Waals surface area contributed by atoms with Crippen LogP contribution in [0.2, 0.25) is 0 Å². The van der Waals surface area contributed by atoms with Crippen LogP contribution in [-0.2, 0) is 16.0 Å². The third-order valence-electron chi connectivity index (χ3n) is 5.74. The van der Waals surface area contributed by atoms with E-state index in [1.165, 1.54) is 19.2 Å². The molecular formula is C25H23NO5. The van der Waals surface area contributed by atoms with Gasteiger partial charge in [-0.1, -0.05) is 60.7 Å². The Labute approximate surface area is 180 Å². The number of carboxylic acids is 1. The maximum Gasteiger partial charge on any atom is 0.410 e. The summed E-state index contributed by atoms with van der Waals surface area (Å²) in [5.41, 5.74) is 5.14. The molecule has 0 unspecified atom stereocenters. The van der Waals surface area contributed by atoms with Crippen molar-refractivity contribution < 1.29 is 24.5 Å². The van der Waals surface area contributed by atoms with Crippen LogP contribution >= 0.6 is 0 Å². The number of phenolic OH excluding ortho intramolecular Hbond substituents is 1. The fourth-order valence-electron chi connectivity index (χ4n) is 4.07. The van der Waals surface area contributed by atoms with Crippen molar-refractivity contribution in [1.82, 2.24) is 4.90 Å². The van der Waals surface area contributed by atoms with Gasteiger partial charge in [-0.25, -0.2) is 9.59 Å². The van der Waals surface area contributed by atoms with Crippen molar-refractivity contribution in [3.05, 3.63) is 89.5 Å². The third kappa shape index (κ3) is 4.10. The molecule has 158 valence electrons. The quantitative estimate of drug-likeness (QED) is 0.626. The number of carbonyl (C=O) groups excluding carboxylic acids is 1. The number of benzene rings is 3. The molecule has 0 heterocycles. The molecule has 3 aromatic carbocycles. The molecule has 3 aromatic rings. The van der Waals surface area contributed by atoms with Gasteiger partial charge in [0.05, 0.1) is 0 Å². The lowest BCUT2D eigenvalue weighted by Gasteiger charge is -2.25. The molecule has 0 radical (unpaired) electrons. The van der Waals surface area contributed by atoms with Crippen molar-refractivity contribution in [1.29, 1.82) is 0 Å². The number of carboxylic acid groups (broad SMARTS) is 1. The first-order valence-corrected chi connectivity index (χ1v) is 10.0. The average Bonchev–Trinajstić information content (AvgIpc) is 3.10. The molecule has 0 spiro atoms. The predicted octanol–water partition coefficient (Wildman–Crippen LogP) is 4.27. The van der Waals surface area contributed by atoms with Gasteiger partial charge in [0.1, 0.15) is 18.4 Å². The SMILES string of the molecule is CN(C(=O)OCC1c2ccccc2-c2ccccc21)[C@H](Cc1ccc(O)cc1)C(=O)O. The molecule has 0 bridgehead atoms. The second kappa shape index (κ2) is 8.52. The molecule has 6 nitrogen and oxygen atoms in total. The highest BCUT2D eigenvalue weighted by Gasteiger charge is 2.32. The summed E-state index contributed by atoms with van der Waals surface area (Å²) in [6.45, 7) is 0.128. The van der Waals surface area contributed by atoms with Gasteiger partial charge in [-0.2, -0.15) is 0 Å². The highest BCUT2D eigenvalue weighted by Crippen LogP contribution is 2.44. The van der Waals surface area contributed by atoms with Crippen LogP contribution in [0.25, 0.3) is 11.1 Å². The number of rotatable bonds is 6. The highest BCUT2D eigenvalue weighted by atomic mass is 16.6. The molecule has 1 amide bonds. The van der Waals surface area contributed by atoms with Gasteiger partial charge in [0.25, 0.3) is 0 Å². The van der Waals surface area contributed by atoms with E-state index >= 15 is 0 Å². The van der Waals surface area contributed by atoms with Gasteiger partial charge < -0.3 is 14.9 Å². The Morgan fingerprint density at radius 1 is 0.935 bits per heavy atom. The summed E-state index contributed by atoms with van der Waals surface area (Å²) in [5.74, 6) is -1.12. The summed E-state index contributed by atoms with van der Waals surface area (Å²) < 4.78 is 5.57. The zero-order valence-electron chi connectivity index (χ0n) is 17.1. The summed E-state index contributed by atoms with van der Waals surface area (Å²) in [4.78, 5) is 25.6. The maximum atomic E-state index is 12.7. The van der Waals surface area contributed by atoms with Crippen molar-refractivity contribution in [3.63, 3.8) is 0 Å². The molecule has 1 atom stereocenters. The number of phenols is 1. The lowest BCUT2D eigenvalue weighted by molar-refractivity contribution is -0.142. The van der Waals surface area contributed by atoms with E-state index in [1.54, 1.807) is 12.1 Å². The Kier molecular flexibility index (Phi) is 5.62. The molecule has 6 heteroatoms. The van der Waals surface area contributed by atoms with E-state index in [0.29, 0.717) is 5.56 Å². The summed E-state index contributed by atoms with van der Waals surface area (Å²) in [7, 11) is 1.43. The number of carbonyl (C=O) groups is 2. The molecule has 31 heavy (non-hydrogen) atoms. The Morgan fingerprint density at radius 3 is 2.03 bits per heavy atom. The zero-order chi connectivity index (χ0) is 22.0. The smallest absolute Gasteiger partial charge is 0.410 e. The first-order chi connectivity index (χ1) is 15.0. The van der Waals surface area contributed by atoms with E-state index in [2.05, 4.69) is 12.1 Å². The molecule has 0 aliphatic heterocycles. The molecule has 0 saturated carbocycles. The highest BCUT2D eigenvalue weighted by molar-refractivity contribution is 5.81. The standard InChI is InChI=1S/C25H23NO5/c1-26(23(24(28)29)14-16-10-12-17(27)13-11-16)25(30)31-15-22-20-8-4-2-6-18(20)19-7-3-5-9-21(19)22/h2-13,22-23,27H,14-15H2,1H3,(H,28,29)/t23-/m1/s1. The monoisotopic (exact) mass is 417 g/mol. The summed E-state index contributed by atoms with van der Waals surface area (Å²) >= 11 is 0. The Bertz CT molecular complexity index is 1060. The number of fused-ring (bicyclic) bond motifs is 3. The Hall–Kier alpha value is -3.80. The van der Waals surface area contributed by atoms with Gasteiger partial charge in [-0.3, -0.25) is 4.90 Å². The van der Waals surface area contributed by atoms with Gasteiger partial charge in [0.15, 0.2) is 0 Å². The van der Waals surface area contributed by atoms with E-state index in [-0.39, 0.29) is 24.7 Å². The van der Waals surface area contributed by atoms with Gasteiger partial charge in [-0.05, 0) is 39.9 Å². The minimum atomic E-state index is -1.12. The van der Waals surface area contributed by atoms with Crippen LogP contribution < -0.4 is 0 Å². The lowest BCUT2D eigenvalue weighted by atomic mass is 9.98. The normalized spacial score (nSPS) is 13.2. The van der Waals surface area contributed by atoms with Gasteiger partial charge in [0.2, 0.25) is 0 Å². The lowest BCUT2D eigenvalue weighted by Crippen LogP contribution is -2.44. The van der Waals surface area contributed by atoms with Gasteiger partial charge in [-0.15, -0.1) is 0 Å². The third-order valence-corrected chi connectivity index (χ3v) is 5.74. The molecule has 1 aliphatic rings. The maximum absolute atomic E-state index is 12.7. The number of hydrogen-bond acceptors (Lipinski definition) is 4. The number of ether oxygens (including phenoxy) is 1. The molecule has 0 aromatic heterocycles. The van der Waals surface area contributed by atoms with Crippen LogP contribution in [0.3, 0.4) is 0 Å². The number of aliphatic carboxylic acids is 1. The number of amides is 1. The van der Waals surface area contributed by atoms with Crippen molar-refractivity contribution in [2.45, 2.75) is 18.4 Å². The fraction of sp³-hybridized carbons (Fsp3) is 0.200. The molecule has 1 aliphatic carbocycles. The summed E-state index contributed by atoms with van der Waals surface area (Å²) in [5, 5.41) is 19.1. The molecule has 4 rings (SSSR count). The molecular weight excluding hydrogens is 394 g/mol. The largest absolute Gasteiger partial charge is 0.508 e. The average molecular weight is 417 g/mol. The molecule has 0 saturated heterocycles. The van der Waals surface area contributed by atoms with Gasteiger partial charge in [0, 0.05) is 19.4 Å². The van der Waals surface area contributed by atoms with Gasteiger partial charge >= 0.3 is 12.1 Å². The summed E-state index contributed by atoms with van der Waals surface area (Å²) in [6, 6.07) is 21.2. The van der Waals surface area contributed by atoms with Crippen LogP contribution in [0.15, 0.2) is 72.8 Å². The van der Waals surface area contributed by atoms with Crippen molar-refractivity contribution in [2.24, 2.45) is 0 Å². The van der Waals surface area contributed by atoms with E-state index in [1.807, 2.05) is 36.4 Å². The second-order valence-electron chi connectivity index (χ2n) is 7.64. The van der Waals surface area contributed by atoms with E-state index in [4.69, 9.17) is 4.74 Å². The second-order valence-corrected chi connectivity index (χ2v) is 7.64. The number of nitrogens with zero attached hydrogens (tertiary/aromatic N) is 1. The minimum absolute atomic E-state index is 0.0925. The zero-order valence-corrected chi connectivity index (χ0v) is 17.1. The molecule has 2 N–H and O–H groups in total. The van der Waals surface area contributed by atoms with Crippen LogP contribution in [0.5, 0.6) is 5.75 Å². The van der Waals surface area contributed by atoms with Crippen LogP contribution in [-0.4, -0.2) is 46.9 Å². The Balaban J connectivity index is 1.47. The van der Waals surface area contributed by atoms with Crippen molar-refractivity contribution in [3.8, 4) is 16.9 Å². The topological polar surface area (TPSA) is 87.1 Å². The number of aromatic hydroxyl groups is 1. The first-order valence-electron chi connectivity index (χ1n) is 10.0. The Morgan fingerprint density at radius 2 is 1.48 bits per heavy atom. The summed E-state index contributed by atoms with van der Waals surface area (Å²) in [6.07, 6.45) is -0.580. The predicted molar refractivity (Wildman–Crippen MR) is 116 cm³/mol. The number of hydrogen-bond donors (Lipinski definition) is 2. The van der Waals surface area contributed by atoms with Crippen molar-refractivity contribution in [2.75, 3.05) is 13.7 Å². The number of likely N-dealkylation sites (N-methyl/N-ethyl adjacent to an activating group) is 1. The fourth-order valence-corrected chi connectivity index (χ4v) is 4.07. The van der Waals surface area contributed by atoms with Crippen LogP contribution in [0.1, 0.15) is 22.6 Å². The first kappa shape index (κ1) is 20.5. The van der Waals surface area contributed by atoms with E-state index in [9.17, 15) is 19.8 Å². The van der Waals surface area contributed by atoms with Crippen LogP contribution in [0, 0.1) is 0 Å². The van der Waals surface area contributed by atoms with Crippen molar-refractivity contribution >= 4 is 12.1 Å². The van der Waals surface area contributed by atoms with E-state index in [0.717, 1.165) is 27.2 Å². The van der Waals surface area contributed by atoms with E-state index < -0.39 is 18.1 Å². The molecule has 0 fully saturated rings. The van der Waals surface area contributed by atoms with Crippen LogP contribution in [0.4, 0.5) is 4.79 Å². The minimum Gasteiger partial charge on any atom is -0.508 e.